The van der Waals surface area contributed by atoms with Gasteiger partial charge < -0.3 is 5.32 Å². The van der Waals surface area contributed by atoms with Crippen LogP contribution in [-0.4, -0.2) is 24.7 Å². The highest BCUT2D eigenvalue weighted by Crippen LogP contribution is 2.19. The van der Waals surface area contributed by atoms with Crippen molar-refractivity contribution in [2.75, 3.05) is 5.32 Å². The third-order valence-electron chi connectivity index (χ3n) is 3.24. The van der Waals surface area contributed by atoms with Crippen LogP contribution in [0.15, 0.2) is 36.9 Å². The van der Waals surface area contributed by atoms with Crippen LogP contribution in [0, 0.1) is 13.8 Å². The van der Waals surface area contributed by atoms with Crippen LogP contribution in [0.25, 0.3) is 5.82 Å². The van der Waals surface area contributed by atoms with Gasteiger partial charge in [-0.3, -0.25) is 9.67 Å². The summed E-state index contributed by atoms with van der Waals surface area (Å²) in [6.07, 6.45) is 7.30. The van der Waals surface area contributed by atoms with E-state index in [4.69, 9.17) is 0 Å². The second kappa shape index (κ2) is 5.16. The van der Waals surface area contributed by atoms with Crippen LogP contribution in [0.3, 0.4) is 0 Å². The van der Waals surface area contributed by atoms with Gasteiger partial charge in [-0.15, -0.1) is 0 Å². The van der Waals surface area contributed by atoms with E-state index in [1.165, 1.54) is 0 Å². The molecule has 2 N–H and O–H groups in total. The zero-order chi connectivity index (χ0) is 13.9. The Bertz CT molecular complexity index is 712. The van der Waals surface area contributed by atoms with Crippen molar-refractivity contribution >= 4 is 5.69 Å². The van der Waals surface area contributed by atoms with Gasteiger partial charge >= 0.3 is 0 Å². The summed E-state index contributed by atoms with van der Waals surface area (Å²) in [6.45, 7) is 4.67. The van der Waals surface area contributed by atoms with E-state index in [2.05, 4.69) is 25.5 Å². The van der Waals surface area contributed by atoms with E-state index in [0.717, 1.165) is 28.6 Å². The lowest BCUT2D eigenvalue weighted by Crippen LogP contribution is -2.07. The van der Waals surface area contributed by atoms with Gasteiger partial charge in [0.1, 0.15) is 5.82 Å². The number of pyridine rings is 1. The van der Waals surface area contributed by atoms with Crippen molar-refractivity contribution in [2.45, 2.75) is 20.4 Å². The maximum absolute atomic E-state index is 4.44. The highest BCUT2D eigenvalue weighted by Gasteiger charge is 2.08. The van der Waals surface area contributed by atoms with Crippen LogP contribution in [0.1, 0.15) is 17.1 Å². The summed E-state index contributed by atoms with van der Waals surface area (Å²) >= 11 is 0. The molecule has 0 aliphatic heterocycles. The molecule has 3 rings (SSSR count). The van der Waals surface area contributed by atoms with Crippen molar-refractivity contribution in [3.05, 3.63) is 54.0 Å². The SMILES string of the molecule is Cc1[nH]ncc1CNc1cccnc1-n1ccnc1C. The average Bonchev–Trinajstić information content (AvgIpc) is 3.06. The summed E-state index contributed by atoms with van der Waals surface area (Å²) in [6, 6.07) is 3.93. The average molecular weight is 268 g/mol. The molecule has 0 unspecified atom stereocenters. The number of aromatic nitrogens is 5. The summed E-state index contributed by atoms with van der Waals surface area (Å²) < 4.78 is 1.96. The molecule has 0 spiro atoms. The van der Waals surface area contributed by atoms with Crippen molar-refractivity contribution in [1.82, 2.24) is 24.7 Å². The smallest absolute Gasteiger partial charge is 0.161 e. The standard InChI is InChI=1S/C14H16N6/c1-10-12(9-18-19-10)8-17-13-4-3-5-16-14(13)20-7-6-15-11(20)2/h3-7,9,17H,8H2,1-2H3,(H,18,19). The van der Waals surface area contributed by atoms with Crippen LogP contribution in [0.2, 0.25) is 0 Å². The summed E-state index contributed by atoms with van der Waals surface area (Å²) in [5.74, 6) is 1.76. The molecule has 0 amide bonds. The van der Waals surface area contributed by atoms with Gasteiger partial charge in [0.05, 0.1) is 11.9 Å². The van der Waals surface area contributed by atoms with Gasteiger partial charge in [-0.1, -0.05) is 0 Å². The van der Waals surface area contributed by atoms with Gasteiger partial charge in [-0.2, -0.15) is 5.10 Å². The fourth-order valence-corrected chi connectivity index (χ4v) is 2.07. The lowest BCUT2D eigenvalue weighted by atomic mass is 10.2. The molecule has 0 bridgehead atoms. The second-order valence-corrected chi connectivity index (χ2v) is 4.59. The van der Waals surface area contributed by atoms with Crippen molar-refractivity contribution in [1.29, 1.82) is 0 Å². The number of H-pyrrole nitrogens is 1. The van der Waals surface area contributed by atoms with Crippen molar-refractivity contribution < 1.29 is 0 Å². The number of rotatable bonds is 4. The number of hydrogen-bond acceptors (Lipinski definition) is 4. The Labute approximate surface area is 116 Å². The largest absolute Gasteiger partial charge is 0.378 e. The summed E-state index contributed by atoms with van der Waals surface area (Å²) in [5.41, 5.74) is 3.18. The molecular formula is C14H16N6. The van der Waals surface area contributed by atoms with Crippen LogP contribution in [-0.2, 0) is 6.54 Å². The quantitative estimate of drug-likeness (QED) is 0.761. The third-order valence-corrected chi connectivity index (χ3v) is 3.24. The van der Waals surface area contributed by atoms with Crippen LogP contribution in [0.5, 0.6) is 0 Å². The first-order valence-electron chi connectivity index (χ1n) is 6.44. The highest BCUT2D eigenvalue weighted by molar-refractivity contribution is 5.57. The Hall–Kier alpha value is -2.63. The fraction of sp³-hybridized carbons (Fsp3) is 0.214. The summed E-state index contributed by atoms with van der Waals surface area (Å²) in [5, 5.41) is 10.4. The van der Waals surface area contributed by atoms with Crippen LogP contribution < -0.4 is 5.32 Å². The van der Waals surface area contributed by atoms with E-state index >= 15 is 0 Å². The first kappa shape index (κ1) is 12.4. The Balaban J connectivity index is 1.87. The number of nitrogens with zero attached hydrogens (tertiary/aromatic N) is 4. The molecule has 0 aliphatic carbocycles. The van der Waals surface area contributed by atoms with Gasteiger partial charge in [0, 0.05) is 36.4 Å². The molecule has 0 aliphatic rings. The fourth-order valence-electron chi connectivity index (χ4n) is 2.07. The van der Waals surface area contributed by atoms with E-state index in [9.17, 15) is 0 Å². The van der Waals surface area contributed by atoms with Crippen molar-refractivity contribution in [3.8, 4) is 5.82 Å². The second-order valence-electron chi connectivity index (χ2n) is 4.59. The number of hydrogen-bond donors (Lipinski definition) is 2. The van der Waals surface area contributed by atoms with E-state index in [0.29, 0.717) is 6.54 Å². The minimum absolute atomic E-state index is 0.703. The molecule has 0 aromatic carbocycles. The van der Waals surface area contributed by atoms with Gasteiger partial charge in [0.2, 0.25) is 0 Å². The Kier molecular flexibility index (Phi) is 3.20. The molecule has 0 fully saturated rings. The summed E-state index contributed by atoms with van der Waals surface area (Å²) in [7, 11) is 0. The molecule has 6 heteroatoms. The summed E-state index contributed by atoms with van der Waals surface area (Å²) in [4.78, 5) is 8.68. The number of aromatic amines is 1. The number of anilines is 1. The van der Waals surface area contributed by atoms with Crippen LogP contribution >= 0.6 is 0 Å². The molecule has 0 saturated carbocycles. The minimum atomic E-state index is 0.703. The monoisotopic (exact) mass is 268 g/mol. The highest BCUT2D eigenvalue weighted by atomic mass is 15.1. The molecule has 3 aromatic rings. The lowest BCUT2D eigenvalue weighted by molar-refractivity contribution is 0.928. The van der Waals surface area contributed by atoms with Gasteiger partial charge in [-0.25, -0.2) is 9.97 Å². The third kappa shape index (κ3) is 2.27. The predicted octanol–water partition coefficient (Wildman–Crippen LogP) is 2.22. The topological polar surface area (TPSA) is 71.4 Å². The maximum atomic E-state index is 4.44. The molecule has 20 heavy (non-hydrogen) atoms. The number of imidazole rings is 1. The lowest BCUT2D eigenvalue weighted by Gasteiger charge is -2.12. The molecular weight excluding hydrogens is 252 g/mol. The number of aryl methyl sites for hydroxylation is 2. The van der Waals surface area contributed by atoms with E-state index < -0.39 is 0 Å². The van der Waals surface area contributed by atoms with Crippen LogP contribution in [0.4, 0.5) is 5.69 Å². The van der Waals surface area contributed by atoms with Gasteiger partial charge in [0.25, 0.3) is 0 Å². The molecule has 3 aromatic heterocycles. The van der Waals surface area contributed by atoms with E-state index in [1.54, 1.807) is 12.4 Å². The Morgan fingerprint density at radius 2 is 2.15 bits per heavy atom. The number of nitrogens with one attached hydrogen (secondary N) is 2. The van der Waals surface area contributed by atoms with E-state index in [-0.39, 0.29) is 0 Å². The molecule has 0 radical (unpaired) electrons. The minimum Gasteiger partial charge on any atom is -0.378 e. The molecule has 0 saturated heterocycles. The zero-order valence-corrected chi connectivity index (χ0v) is 11.5. The Morgan fingerprint density at radius 3 is 2.85 bits per heavy atom. The normalized spacial score (nSPS) is 10.7. The first-order chi connectivity index (χ1) is 9.75. The first-order valence-corrected chi connectivity index (χ1v) is 6.44. The molecule has 102 valence electrons. The molecule has 6 nitrogen and oxygen atoms in total. The maximum Gasteiger partial charge on any atom is 0.161 e. The van der Waals surface area contributed by atoms with Gasteiger partial charge in [0.15, 0.2) is 5.82 Å². The predicted molar refractivity (Wildman–Crippen MR) is 76.7 cm³/mol. The van der Waals surface area contributed by atoms with Gasteiger partial charge in [-0.05, 0) is 26.0 Å². The Morgan fingerprint density at radius 1 is 1.25 bits per heavy atom. The van der Waals surface area contributed by atoms with Crippen molar-refractivity contribution in [2.24, 2.45) is 0 Å². The molecule has 3 heterocycles. The van der Waals surface area contributed by atoms with E-state index in [1.807, 2.05) is 42.9 Å². The zero-order valence-electron chi connectivity index (χ0n) is 11.5. The van der Waals surface area contributed by atoms with Crippen molar-refractivity contribution in [3.63, 3.8) is 0 Å². The molecule has 0 atom stereocenters.